The topological polar surface area (TPSA) is 50.1 Å². The van der Waals surface area contributed by atoms with Crippen molar-refractivity contribution in [3.05, 3.63) is 46.7 Å². The first-order chi connectivity index (χ1) is 7.29. The highest BCUT2D eigenvalue weighted by Crippen LogP contribution is 2.13. The maximum absolute atomic E-state index is 8.54. The zero-order valence-electron chi connectivity index (χ0n) is 7.89. The first kappa shape index (κ1) is 10.4. The highest BCUT2D eigenvalue weighted by atomic mass is 79.9. The summed E-state index contributed by atoms with van der Waals surface area (Å²) in [6.07, 6.45) is 3.63. The minimum atomic E-state index is 0.448. The van der Waals surface area contributed by atoms with Gasteiger partial charge in [0.1, 0.15) is 0 Å². The standard InChI is InChI=1S/C10H10BrN3O/c11-9-6-12-14(7-9)10-3-1-8(2-4-10)5-13-15/h1-4,6-7,13,15H,5H2. The van der Waals surface area contributed by atoms with Crippen LogP contribution in [-0.2, 0) is 6.54 Å². The van der Waals surface area contributed by atoms with E-state index in [-0.39, 0.29) is 0 Å². The van der Waals surface area contributed by atoms with Crippen molar-refractivity contribution in [1.29, 1.82) is 0 Å². The van der Waals surface area contributed by atoms with Gasteiger partial charge in [-0.05, 0) is 33.6 Å². The first-order valence-corrected chi connectivity index (χ1v) is 5.25. The fourth-order valence-electron chi connectivity index (χ4n) is 1.30. The van der Waals surface area contributed by atoms with Crippen molar-refractivity contribution in [2.45, 2.75) is 6.54 Å². The Labute approximate surface area is 95.6 Å². The summed E-state index contributed by atoms with van der Waals surface area (Å²) in [5.74, 6) is 0. The maximum Gasteiger partial charge on any atom is 0.0646 e. The summed E-state index contributed by atoms with van der Waals surface area (Å²) in [5.41, 5.74) is 4.13. The third-order valence-corrected chi connectivity index (χ3v) is 2.44. The van der Waals surface area contributed by atoms with Crippen LogP contribution in [0.4, 0.5) is 0 Å². The molecule has 0 saturated carbocycles. The van der Waals surface area contributed by atoms with Crippen molar-refractivity contribution >= 4 is 15.9 Å². The highest BCUT2D eigenvalue weighted by Gasteiger charge is 1.98. The Bertz CT molecular complexity index is 438. The van der Waals surface area contributed by atoms with Crippen molar-refractivity contribution in [2.24, 2.45) is 0 Å². The lowest BCUT2D eigenvalue weighted by Gasteiger charge is -2.03. The average molecular weight is 268 g/mol. The van der Waals surface area contributed by atoms with Gasteiger partial charge in [-0.3, -0.25) is 0 Å². The van der Waals surface area contributed by atoms with E-state index in [1.165, 1.54) is 0 Å². The average Bonchev–Trinajstić information content (AvgIpc) is 2.67. The quantitative estimate of drug-likeness (QED) is 0.838. The van der Waals surface area contributed by atoms with Crippen molar-refractivity contribution in [3.8, 4) is 5.69 Å². The number of hydrogen-bond acceptors (Lipinski definition) is 3. The van der Waals surface area contributed by atoms with E-state index in [1.807, 2.05) is 30.5 Å². The molecule has 0 fully saturated rings. The van der Waals surface area contributed by atoms with Gasteiger partial charge < -0.3 is 5.21 Å². The van der Waals surface area contributed by atoms with E-state index in [4.69, 9.17) is 5.21 Å². The van der Waals surface area contributed by atoms with Crippen LogP contribution in [0.1, 0.15) is 5.56 Å². The fraction of sp³-hybridized carbons (Fsp3) is 0.100. The number of benzene rings is 1. The molecule has 0 saturated heterocycles. The Morgan fingerprint density at radius 1 is 1.33 bits per heavy atom. The molecule has 78 valence electrons. The Morgan fingerprint density at radius 2 is 2.07 bits per heavy atom. The summed E-state index contributed by atoms with van der Waals surface area (Å²) in [4.78, 5) is 0. The van der Waals surface area contributed by atoms with E-state index in [0.29, 0.717) is 6.54 Å². The second-order valence-corrected chi connectivity index (χ2v) is 4.02. The molecular weight excluding hydrogens is 258 g/mol. The number of hydrogen-bond donors (Lipinski definition) is 2. The van der Waals surface area contributed by atoms with E-state index >= 15 is 0 Å². The van der Waals surface area contributed by atoms with E-state index in [1.54, 1.807) is 10.9 Å². The van der Waals surface area contributed by atoms with Crippen LogP contribution in [0.25, 0.3) is 5.69 Å². The summed E-state index contributed by atoms with van der Waals surface area (Å²) in [6.45, 7) is 0.448. The normalized spacial score (nSPS) is 10.5. The van der Waals surface area contributed by atoms with Gasteiger partial charge in [0.2, 0.25) is 0 Å². The molecule has 0 atom stereocenters. The van der Waals surface area contributed by atoms with Gasteiger partial charge in [0.05, 0.1) is 16.4 Å². The molecule has 15 heavy (non-hydrogen) atoms. The second kappa shape index (κ2) is 4.57. The Kier molecular flexibility index (Phi) is 3.15. The van der Waals surface area contributed by atoms with Crippen LogP contribution in [0.5, 0.6) is 0 Å². The van der Waals surface area contributed by atoms with Gasteiger partial charge in [0, 0.05) is 12.7 Å². The Hall–Kier alpha value is -1.17. The number of nitrogens with zero attached hydrogens (tertiary/aromatic N) is 2. The van der Waals surface area contributed by atoms with Crippen molar-refractivity contribution in [2.75, 3.05) is 0 Å². The molecule has 2 aromatic rings. The van der Waals surface area contributed by atoms with Crippen molar-refractivity contribution < 1.29 is 5.21 Å². The number of halogens is 1. The molecule has 1 heterocycles. The van der Waals surface area contributed by atoms with Crippen molar-refractivity contribution in [1.82, 2.24) is 15.3 Å². The summed E-state index contributed by atoms with van der Waals surface area (Å²) >= 11 is 3.34. The van der Waals surface area contributed by atoms with Gasteiger partial charge >= 0.3 is 0 Å². The molecule has 2 N–H and O–H groups in total. The molecule has 0 unspecified atom stereocenters. The van der Waals surface area contributed by atoms with E-state index < -0.39 is 0 Å². The predicted octanol–water partition coefficient (Wildman–Crippen LogP) is 2.11. The molecule has 0 bridgehead atoms. The highest BCUT2D eigenvalue weighted by molar-refractivity contribution is 9.10. The summed E-state index contributed by atoms with van der Waals surface area (Å²) in [7, 11) is 0. The Morgan fingerprint density at radius 3 is 2.60 bits per heavy atom. The summed E-state index contributed by atoms with van der Waals surface area (Å²) in [6, 6.07) is 7.78. The van der Waals surface area contributed by atoms with Gasteiger partial charge in [0.15, 0.2) is 0 Å². The fourth-order valence-corrected chi connectivity index (χ4v) is 1.59. The molecule has 0 spiro atoms. The van der Waals surface area contributed by atoms with Gasteiger partial charge in [-0.25, -0.2) is 10.2 Å². The molecule has 0 aliphatic carbocycles. The van der Waals surface area contributed by atoms with Gasteiger partial charge in [-0.1, -0.05) is 12.1 Å². The third-order valence-electron chi connectivity index (χ3n) is 2.04. The van der Waals surface area contributed by atoms with E-state index in [2.05, 4.69) is 26.5 Å². The van der Waals surface area contributed by atoms with Gasteiger partial charge in [0.25, 0.3) is 0 Å². The van der Waals surface area contributed by atoms with E-state index in [9.17, 15) is 0 Å². The van der Waals surface area contributed by atoms with Gasteiger partial charge in [-0.15, -0.1) is 0 Å². The molecule has 0 aliphatic rings. The molecular formula is C10H10BrN3O. The first-order valence-electron chi connectivity index (χ1n) is 4.46. The third kappa shape index (κ3) is 2.44. The lowest BCUT2D eigenvalue weighted by atomic mass is 10.2. The predicted molar refractivity (Wildman–Crippen MR) is 59.9 cm³/mol. The number of nitrogens with one attached hydrogen (secondary N) is 1. The smallest absolute Gasteiger partial charge is 0.0646 e. The second-order valence-electron chi connectivity index (χ2n) is 3.10. The lowest BCUT2D eigenvalue weighted by Crippen LogP contribution is -2.06. The molecule has 4 nitrogen and oxygen atoms in total. The van der Waals surface area contributed by atoms with E-state index in [0.717, 1.165) is 15.7 Å². The van der Waals surface area contributed by atoms with Crippen molar-refractivity contribution in [3.63, 3.8) is 0 Å². The molecule has 5 heteroatoms. The molecule has 1 aromatic carbocycles. The number of aromatic nitrogens is 2. The van der Waals surface area contributed by atoms with Crippen LogP contribution in [0.3, 0.4) is 0 Å². The molecule has 1 aromatic heterocycles. The number of hydroxylamine groups is 1. The van der Waals surface area contributed by atoms with Crippen LogP contribution in [-0.4, -0.2) is 15.0 Å². The SMILES string of the molecule is ONCc1ccc(-n2cc(Br)cn2)cc1. The van der Waals surface area contributed by atoms with Crippen LogP contribution in [0, 0.1) is 0 Å². The number of rotatable bonds is 3. The van der Waals surface area contributed by atoms with Crippen LogP contribution >= 0.6 is 15.9 Å². The van der Waals surface area contributed by atoms with Crippen LogP contribution < -0.4 is 5.48 Å². The largest absolute Gasteiger partial charge is 0.316 e. The zero-order chi connectivity index (χ0) is 10.7. The molecule has 0 radical (unpaired) electrons. The van der Waals surface area contributed by atoms with Crippen LogP contribution in [0.15, 0.2) is 41.1 Å². The lowest BCUT2D eigenvalue weighted by molar-refractivity contribution is 0.161. The minimum absolute atomic E-state index is 0.448. The molecule has 2 rings (SSSR count). The summed E-state index contributed by atoms with van der Waals surface area (Å²) < 4.78 is 2.73. The Balaban J connectivity index is 2.23. The van der Waals surface area contributed by atoms with Gasteiger partial charge in [-0.2, -0.15) is 5.10 Å². The minimum Gasteiger partial charge on any atom is -0.316 e. The molecule has 0 amide bonds. The summed E-state index contributed by atoms with van der Waals surface area (Å²) in [5, 5.41) is 12.7. The monoisotopic (exact) mass is 267 g/mol. The molecule has 0 aliphatic heterocycles. The van der Waals surface area contributed by atoms with Crippen LogP contribution in [0.2, 0.25) is 0 Å². The zero-order valence-corrected chi connectivity index (χ0v) is 9.48. The maximum atomic E-state index is 8.54.